The van der Waals surface area contributed by atoms with Gasteiger partial charge in [0.25, 0.3) is 5.89 Å². The summed E-state index contributed by atoms with van der Waals surface area (Å²) in [5.41, 5.74) is 2.56. The fraction of sp³-hybridized carbons (Fsp3) is 0.250. The van der Waals surface area contributed by atoms with Gasteiger partial charge in [-0.05, 0) is 12.1 Å². The number of benzene rings is 1. The highest BCUT2D eigenvalue weighted by atomic mass is 35.5. The third kappa shape index (κ3) is 2.33. The largest absolute Gasteiger partial charge is 0.618 e. The monoisotopic (exact) mass is 359 g/mol. The van der Waals surface area contributed by atoms with Crippen molar-refractivity contribution in [3.63, 3.8) is 0 Å². The number of hydrogen-bond donors (Lipinski definition) is 1. The van der Waals surface area contributed by atoms with Crippen LogP contribution in [0.4, 0.5) is 0 Å². The third-order valence-electron chi connectivity index (χ3n) is 4.19. The quantitative estimate of drug-likeness (QED) is 0.444. The Morgan fingerprint density at radius 2 is 2.24 bits per heavy atom. The highest BCUT2D eigenvalue weighted by Gasteiger charge is 2.24. The lowest BCUT2D eigenvalue weighted by atomic mass is 10.2. The van der Waals surface area contributed by atoms with E-state index in [1.807, 2.05) is 0 Å². The fourth-order valence-electron chi connectivity index (χ4n) is 2.79. The van der Waals surface area contributed by atoms with Crippen molar-refractivity contribution >= 4 is 28.2 Å². The lowest BCUT2D eigenvalue weighted by Crippen LogP contribution is -2.32. The molecule has 0 amide bonds. The molecule has 0 radical (unpaired) electrons. The van der Waals surface area contributed by atoms with Gasteiger partial charge in [0.05, 0.1) is 6.61 Å². The number of aliphatic hydroxyl groups is 1. The summed E-state index contributed by atoms with van der Waals surface area (Å²) in [6.45, 7) is 3.39. The van der Waals surface area contributed by atoms with E-state index in [2.05, 4.69) is 15.1 Å². The molecule has 0 fully saturated rings. The molecule has 1 N–H and O–H groups in total. The minimum atomic E-state index is -0.250. The maximum absolute atomic E-state index is 12.7. The van der Waals surface area contributed by atoms with E-state index < -0.39 is 0 Å². The topological polar surface area (TPSA) is 103 Å². The summed E-state index contributed by atoms with van der Waals surface area (Å²) < 4.78 is 7.90. The maximum Gasteiger partial charge on any atom is 0.279 e. The summed E-state index contributed by atoms with van der Waals surface area (Å²) in [4.78, 5) is 8.65. The van der Waals surface area contributed by atoms with Gasteiger partial charge >= 0.3 is 0 Å². The van der Waals surface area contributed by atoms with E-state index in [0.29, 0.717) is 38.8 Å². The number of imidazole rings is 1. The minimum absolute atomic E-state index is 0.0894. The number of halogens is 1. The summed E-state index contributed by atoms with van der Waals surface area (Å²) in [7, 11) is 0. The van der Waals surface area contributed by atoms with Crippen molar-refractivity contribution in [1.29, 1.82) is 0 Å². The molecule has 0 bridgehead atoms. The van der Waals surface area contributed by atoms with E-state index in [-0.39, 0.29) is 18.4 Å². The molecule has 4 aromatic rings. The molecule has 1 atom stereocenters. The molecular formula is C16H14ClN5O3. The van der Waals surface area contributed by atoms with Crippen molar-refractivity contribution in [1.82, 2.24) is 19.5 Å². The Morgan fingerprint density at radius 1 is 1.44 bits per heavy atom. The number of hydrogen-bond acceptors (Lipinski definition) is 6. The van der Waals surface area contributed by atoms with Gasteiger partial charge in [0.2, 0.25) is 11.2 Å². The second-order valence-corrected chi connectivity index (χ2v) is 6.30. The highest BCUT2D eigenvalue weighted by molar-refractivity contribution is 6.31. The average molecular weight is 360 g/mol. The van der Waals surface area contributed by atoms with Crippen LogP contribution in [0.2, 0.25) is 5.02 Å². The Hall–Kier alpha value is -2.71. The molecule has 0 aliphatic rings. The maximum atomic E-state index is 12.7. The second kappa shape index (κ2) is 5.68. The van der Waals surface area contributed by atoms with Gasteiger partial charge in [-0.2, -0.15) is 9.71 Å². The highest BCUT2D eigenvalue weighted by Crippen LogP contribution is 2.27. The molecule has 0 saturated heterocycles. The zero-order chi connectivity index (χ0) is 17.7. The van der Waals surface area contributed by atoms with Gasteiger partial charge < -0.3 is 14.8 Å². The van der Waals surface area contributed by atoms with Crippen LogP contribution in [0, 0.1) is 12.1 Å². The average Bonchev–Trinajstić information content (AvgIpc) is 3.25. The zero-order valence-electron chi connectivity index (χ0n) is 13.5. The second-order valence-electron chi connectivity index (χ2n) is 5.87. The molecule has 3 aromatic heterocycles. The summed E-state index contributed by atoms with van der Waals surface area (Å²) in [6, 6.07) is 5.09. The molecule has 0 saturated carbocycles. The molecule has 0 spiro atoms. The molecule has 4 rings (SSSR count). The molecule has 8 nitrogen and oxygen atoms in total. The van der Waals surface area contributed by atoms with Gasteiger partial charge in [-0.3, -0.25) is 4.40 Å². The van der Waals surface area contributed by atoms with Gasteiger partial charge in [-0.25, -0.2) is 4.98 Å². The van der Waals surface area contributed by atoms with Crippen LogP contribution in [0.15, 0.2) is 29.0 Å². The molecule has 1 aromatic carbocycles. The van der Waals surface area contributed by atoms with Crippen LogP contribution in [0.3, 0.4) is 0 Å². The third-order valence-corrected chi connectivity index (χ3v) is 4.42. The Labute approximate surface area is 146 Å². The summed E-state index contributed by atoms with van der Waals surface area (Å²) in [5.74, 6) is 0.341. The SMILES string of the molecule is Cc1c2c(-c3nc(C(C)CO)no3)ncn2c2ccc(Cl)cc2[n+]1[O-]. The summed E-state index contributed by atoms with van der Waals surface area (Å²) in [5, 5.41) is 26.2. The van der Waals surface area contributed by atoms with E-state index in [1.54, 1.807) is 42.8 Å². The molecule has 128 valence electrons. The van der Waals surface area contributed by atoms with Gasteiger partial charge in [0.1, 0.15) is 17.4 Å². The number of nitrogens with zero attached hydrogens (tertiary/aromatic N) is 5. The first-order valence-corrected chi connectivity index (χ1v) is 8.02. The van der Waals surface area contributed by atoms with E-state index in [0.717, 1.165) is 4.73 Å². The Bertz CT molecular complexity index is 1100. The number of aromatic nitrogens is 5. The smallest absolute Gasteiger partial charge is 0.279 e. The standard InChI is InChI=1S/C16H14ClN5O3/c1-8(6-23)15-19-16(25-20-15)13-14-9(2)22(24)12-5-10(17)3-4-11(12)21(14)7-18-13/h3-5,7-8,23H,6H2,1-2H3. The lowest BCUT2D eigenvalue weighted by Gasteiger charge is -2.08. The zero-order valence-corrected chi connectivity index (χ0v) is 14.2. The lowest BCUT2D eigenvalue weighted by molar-refractivity contribution is -0.583. The van der Waals surface area contributed by atoms with Crippen LogP contribution in [-0.4, -0.2) is 31.2 Å². The van der Waals surface area contributed by atoms with Crippen molar-refractivity contribution in [2.24, 2.45) is 0 Å². The Morgan fingerprint density at radius 3 is 3.00 bits per heavy atom. The first-order chi connectivity index (χ1) is 12.0. The van der Waals surface area contributed by atoms with Crippen LogP contribution >= 0.6 is 11.6 Å². The number of rotatable bonds is 3. The summed E-state index contributed by atoms with van der Waals surface area (Å²) >= 11 is 6.01. The van der Waals surface area contributed by atoms with Crippen LogP contribution in [-0.2, 0) is 0 Å². The molecule has 9 heteroatoms. The van der Waals surface area contributed by atoms with Crippen LogP contribution in [0.5, 0.6) is 0 Å². The van der Waals surface area contributed by atoms with E-state index in [1.165, 1.54) is 0 Å². The van der Waals surface area contributed by atoms with Crippen molar-refractivity contribution in [2.45, 2.75) is 19.8 Å². The Kier molecular flexibility index (Phi) is 3.59. The van der Waals surface area contributed by atoms with Gasteiger partial charge in [0, 0.05) is 23.9 Å². The molecule has 3 heterocycles. The molecule has 1 unspecified atom stereocenters. The first-order valence-electron chi connectivity index (χ1n) is 7.64. The minimum Gasteiger partial charge on any atom is -0.618 e. The van der Waals surface area contributed by atoms with Crippen molar-refractivity contribution in [2.75, 3.05) is 6.61 Å². The predicted octanol–water partition coefficient (Wildman–Crippen LogP) is 2.23. The van der Waals surface area contributed by atoms with Crippen LogP contribution in [0.25, 0.3) is 28.1 Å². The van der Waals surface area contributed by atoms with Gasteiger partial charge in [0.15, 0.2) is 11.5 Å². The normalized spacial score (nSPS) is 13.0. The van der Waals surface area contributed by atoms with E-state index in [4.69, 9.17) is 16.1 Å². The Balaban J connectivity index is 1.99. The van der Waals surface area contributed by atoms with Crippen LogP contribution in [0.1, 0.15) is 24.4 Å². The summed E-state index contributed by atoms with van der Waals surface area (Å²) in [6.07, 6.45) is 1.60. The van der Waals surface area contributed by atoms with E-state index in [9.17, 15) is 10.3 Å². The molecule has 0 aliphatic carbocycles. The van der Waals surface area contributed by atoms with Gasteiger partial charge in [-0.1, -0.05) is 23.7 Å². The number of fused-ring (bicyclic) bond motifs is 3. The van der Waals surface area contributed by atoms with Crippen molar-refractivity contribution < 1.29 is 14.4 Å². The van der Waals surface area contributed by atoms with Crippen molar-refractivity contribution in [3.05, 3.63) is 46.3 Å². The van der Waals surface area contributed by atoms with E-state index >= 15 is 0 Å². The fourth-order valence-corrected chi connectivity index (χ4v) is 2.95. The molecular weight excluding hydrogens is 346 g/mol. The van der Waals surface area contributed by atoms with Gasteiger partial charge in [-0.15, -0.1) is 0 Å². The first kappa shape index (κ1) is 15.8. The number of aliphatic hydroxyl groups excluding tert-OH is 1. The molecule has 0 aliphatic heterocycles. The van der Waals surface area contributed by atoms with Crippen molar-refractivity contribution in [3.8, 4) is 11.6 Å². The number of aryl methyl sites for hydroxylation is 1. The van der Waals surface area contributed by atoms with Crippen LogP contribution < -0.4 is 4.73 Å². The predicted molar refractivity (Wildman–Crippen MR) is 90.2 cm³/mol. The molecule has 25 heavy (non-hydrogen) atoms.